The van der Waals surface area contributed by atoms with Crippen molar-refractivity contribution >= 4 is 17.8 Å². The van der Waals surface area contributed by atoms with E-state index in [-0.39, 0.29) is 12.5 Å². The molecule has 6 heteroatoms. The Morgan fingerprint density at radius 1 is 1.56 bits per heavy atom. The average Bonchev–Trinajstić information content (AvgIpc) is 2.60. The molecule has 1 fully saturated rings. The number of carboxylic acids is 1. The fourth-order valence-electron chi connectivity index (χ4n) is 1.62. The van der Waals surface area contributed by atoms with Gasteiger partial charge in [-0.3, -0.25) is 9.59 Å². The van der Waals surface area contributed by atoms with Crippen LogP contribution in [-0.2, 0) is 14.4 Å². The Bertz CT molecular complexity index is 297. The number of likely N-dealkylation sites (tertiary alicyclic amines) is 1. The van der Waals surface area contributed by atoms with E-state index < -0.39 is 17.9 Å². The van der Waals surface area contributed by atoms with E-state index >= 15 is 0 Å². The van der Waals surface area contributed by atoms with Crippen LogP contribution in [0.15, 0.2) is 0 Å². The van der Waals surface area contributed by atoms with Crippen LogP contribution in [0.4, 0.5) is 0 Å². The van der Waals surface area contributed by atoms with Crippen LogP contribution in [0.25, 0.3) is 0 Å². The molecule has 0 spiro atoms. The van der Waals surface area contributed by atoms with Gasteiger partial charge >= 0.3 is 5.97 Å². The predicted molar refractivity (Wildman–Crippen MR) is 55.7 cm³/mol. The Balaban J connectivity index is 2.40. The topological polar surface area (TPSA) is 86.7 Å². The summed E-state index contributed by atoms with van der Waals surface area (Å²) in [5.41, 5.74) is 0. The van der Waals surface area contributed by atoms with Crippen LogP contribution in [0.2, 0.25) is 0 Å². The zero-order chi connectivity index (χ0) is 12.1. The Hall–Kier alpha value is -1.59. The SMILES string of the molecule is CC[C@H](NC(=O)CN1CCCC1=O)C(=O)O. The van der Waals surface area contributed by atoms with Gasteiger partial charge in [0.2, 0.25) is 11.8 Å². The molecule has 1 atom stereocenters. The van der Waals surface area contributed by atoms with Crippen molar-refractivity contribution in [1.29, 1.82) is 0 Å². The summed E-state index contributed by atoms with van der Waals surface area (Å²) < 4.78 is 0. The lowest BCUT2D eigenvalue weighted by Gasteiger charge is -2.17. The molecule has 2 N–H and O–H groups in total. The van der Waals surface area contributed by atoms with Gasteiger partial charge in [0.05, 0.1) is 6.54 Å². The summed E-state index contributed by atoms with van der Waals surface area (Å²) in [5.74, 6) is -1.51. The van der Waals surface area contributed by atoms with Crippen molar-refractivity contribution in [2.45, 2.75) is 32.2 Å². The smallest absolute Gasteiger partial charge is 0.326 e. The normalized spacial score (nSPS) is 17.3. The Labute approximate surface area is 93.6 Å². The molecule has 0 saturated carbocycles. The first-order valence-corrected chi connectivity index (χ1v) is 5.34. The highest BCUT2D eigenvalue weighted by Crippen LogP contribution is 2.08. The van der Waals surface area contributed by atoms with E-state index in [1.807, 2.05) is 0 Å². The van der Waals surface area contributed by atoms with Crippen LogP contribution < -0.4 is 5.32 Å². The molecule has 0 bridgehead atoms. The molecule has 1 rings (SSSR count). The molecule has 0 aliphatic carbocycles. The molecule has 16 heavy (non-hydrogen) atoms. The number of carboxylic acid groups (broad SMARTS) is 1. The minimum atomic E-state index is -1.05. The number of carbonyl (C=O) groups is 3. The van der Waals surface area contributed by atoms with Crippen molar-refractivity contribution in [3.63, 3.8) is 0 Å². The van der Waals surface area contributed by atoms with E-state index in [4.69, 9.17) is 5.11 Å². The molecule has 6 nitrogen and oxygen atoms in total. The fraction of sp³-hybridized carbons (Fsp3) is 0.700. The van der Waals surface area contributed by atoms with Crippen molar-refractivity contribution in [2.24, 2.45) is 0 Å². The summed E-state index contributed by atoms with van der Waals surface area (Å²) in [6, 6.07) is -0.870. The molecule has 90 valence electrons. The lowest BCUT2D eigenvalue weighted by Crippen LogP contribution is -2.45. The quantitative estimate of drug-likeness (QED) is 0.669. The third-order valence-corrected chi connectivity index (χ3v) is 2.55. The molecule has 0 aromatic heterocycles. The zero-order valence-electron chi connectivity index (χ0n) is 9.23. The summed E-state index contributed by atoms with van der Waals surface area (Å²) >= 11 is 0. The van der Waals surface area contributed by atoms with E-state index in [1.54, 1.807) is 6.92 Å². The van der Waals surface area contributed by atoms with Gasteiger partial charge in [-0.15, -0.1) is 0 Å². The highest BCUT2D eigenvalue weighted by atomic mass is 16.4. The molecule has 0 aromatic rings. The molecule has 0 unspecified atom stereocenters. The number of carbonyl (C=O) groups excluding carboxylic acids is 2. The van der Waals surface area contributed by atoms with Crippen LogP contribution >= 0.6 is 0 Å². The van der Waals surface area contributed by atoms with Gasteiger partial charge in [0.15, 0.2) is 0 Å². The standard InChI is InChI=1S/C10H16N2O4/c1-2-7(10(15)16)11-8(13)6-12-5-3-4-9(12)14/h7H,2-6H2,1H3,(H,11,13)(H,15,16)/t7-/m0/s1. The molecule has 1 saturated heterocycles. The van der Waals surface area contributed by atoms with Gasteiger partial charge in [-0.25, -0.2) is 4.79 Å². The second kappa shape index (κ2) is 5.48. The lowest BCUT2D eigenvalue weighted by atomic mass is 10.2. The van der Waals surface area contributed by atoms with E-state index in [0.717, 1.165) is 6.42 Å². The minimum absolute atomic E-state index is 0.0391. The maximum absolute atomic E-state index is 11.4. The first-order chi connectivity index (χ1) is 7.54. The lowest BCUT2D eigenvalue weighted by molar-refractivity contribution is -0.142. The second-order valence-electron chi connectivity index (χ2n) is 3.79. The molecule has 1 aliphatic heterocycles. The minimum Gasteiger partial charge on any atom is -0.480 e. The van der Waals surface area contributed by atoms with Gasteiger partial charge in [0, 0.05) is 13.0 Å². The summed E-state index contributed by atoms with van der Waals surface area (Å²) in [6.45, 7) is 2.22. The molecule has 0 radical (unpaired) electrons. The summed E-state index contributed by atoms with van der Waals surface area (Å²) in [5, 5.41) is 11.1. The van der Waals surface area contributed by atoms with Crippen molar-refractivity contribution in [3.8, 4) is 0 Å². The molecule has 1 heterocycles. The van der Waals surface area contributed by atoms with Gasteiger partial charge in [-0.2, -0.15) is 0 Å². The number of hydrogen-bond acceptors (Lipinski definition) is 3. The number of nitrogens with one attached hydrogen (secondary N) is 1. The molecular weight excluding hydrogens is 212 g/mol. The van der Waals surface area contributed by atoms with Gasteiger partial charge in [-0.05, 0) is 12.8 Å². The fourth-order valence-corrected chi connectivity index (χ4v) is 1.62. The third kappa shape index (κ3) is 3.22. The van der Waals surface area contributed by atoms with E-state index in [1.165, 1.54) is 4.90 Å². The van der Waals surface area contributed by atoms with Crippen molar-refractivity contribution in [3.05, 3.63) is 0 Å². The van der Waals surface area contributed by atoms with Crippen LogP contribution in [-0.4, -0.2) is 46.9 Å². The highest BCUT2D eigenvalue weighted by Gasteiger charge is 2.24. The number of nitrogens with zero attached hydrogens (tertiary/aromatic N) is 1. The van der Waals surface area contributed by atoms with Gasteiger partial charge in [0.25, 0.3) is 0 Å². The maximum atomic E-state index is 11.4. The number of hydrogen-bond donors (Lipinski definition) is 2. The second-order valence-corrected chi connectivity index (χ2v) is 3.79. The first kappa shape index (κ1) is 12.5. The summed E-state index contributed by atoms with van der Waals surface area (Å²) in [6.07, 6.45) is 1.57. The first-order valence-electron chi connectivity index (χ1n) is 5.34. The van der Waals surface area contributed by atoms with Crippen molar-refractivity contribution < 1.29 is 19.5 Å². The van der Waals surface area contributed by atoms with Crippen LogP contribution in [0.5, 0.6) is 0 Å². The largest absolute Gasteiger partial charge is 0.480 e. The number of rotatable bonds is 5. The Morgan fingerprint density at radius 2 is 2.25 bits per heavy atom. The molecular formula is C10H16N2O4. The monoisotopic (exact) mass is 228 g/mol. The van der Waals surface area contributed by atoms with Crippen LogP contribution in [0.3, 0.4) is 0 Å². The predicted octanol–water partition coefficient (Wildman–Crippen LogP) is -0.412. The van der Waals surface area contributed by atoms with E-state index in [2.05, 4.69) is 5.32 Å². The van der Waals surface area contributed by atoms with Gasteiger partial charge < -0.3 is 15.3 Å². The summed E-state index contributed by atoms with van der Waals surface area (Å²) in [7, 11) is 0. The molecule has 1 aliphatic rings. The van der Waals surface area contributed by atoms with Crippen molar-refractivity contribution in [1.82, 2.24) is 10.2 Å². The molecule has 2 amide bonds. The molecule has 0 aromatic carbocycles. The number of amides is 2. The Kier molecular flexibility index (Phi) is 4.28. The van der Waals surface area contributed by atoms with Gasteiger partial charge in [0.1, 0.15) is 6.04 Å². The van der Waals surface area contributed by atoms with Crippen molar-refractivity contribution in [2.75, 3.05) is 13.1 Å². The van der Waals surface area contributed by atoms with E-state index in [9.17, 15) is 14.4 Å². The average molecular weight is 228 g/mol. The zero-order valence-corrected chi connectivity index (χ0v) is 9.23. The van der Waals surface area contributed by atoms with Gasteiger partial charge in [-0.1, -0.05) is 6.92 Å². The maximum Gasteiger partial charge on any atom is 0.326 e. The van der Waals surface area contributed by atoms with Crippen LogP contribution in [0, 0.1) is 0 Å². The Morgan fingerprint density at radius 3 is 2.69 bits per heavy atom. The van der Waals surface area contributed by atoms with E-state index in [0.29, 0.717) is 19.4 Å². The third-order valence-electron chi connectivity index (χ3n) is 2.55. The summed E-state index contributed by atoms with van der Waals surface area (Å²) in [4.78, 5) is 34.8. The highest BCUT2D eigenvalue weighted by molar-refractivity contribution is 5.88. The van der Waals surface area contributed by atoms with Crippen LogP contribution in [0.1, 0.15) is 26.2 Å². The number of aliphatic carboxylic acids is 1.